The first-order valence-corrected chi connectivity index (χ1v) is 19.6. The first-order chi connectivity index (χ1) is 24.4. The van der Waals surface area contributed by atoms with Crippen molar-refractivity contribution in [2.24, 2.45) is 46.3 Å². The van der Waals surface area contributed by atoms with E-state index in [1.807, 2.05) is 6.08 Å². The van der Waals surface area contributed by atoms with Gasteiger partial charge in [-0.15, -0.1) is 0 Å². The van der Waals surface area contributed by atoms with E-state index < -0.39 is 60.7 Å². The van der Waals surface area contributed by atoms with Gasteiger partial charge in [-0.05, 0) is 91.4 Å². The molecular weight excluding hydrogens is 668 g/mol. The molecule has 0 radical (unpaired) electrons. The van der Waals surface area contributed by atoms with Crippen molar-refractivity contribution in [1.29, 1.82) is 0 Å². The predicted octanol–water partition coefficient (Wildman–Crippen LogP) is 6.68. The minimum atomic E-state index is -1.29. The van der Waals surface area contributed by atoms with Crippen LogP contribution in [0.2, 0.25) is 0 Å². The Morgan fingerprint density at radius 2 is 1.46 bits per heavy atom. The average Bonchev–Trinajstić information content (AvgIpc) is 3.40. The zero-order valence-corrected chi connectivity index (χ0v) is 32.8. The van der Waals surface area contributed by atoms with E-state index >= 15 is 0 Å². The summed E-state index contributed by atoms with van der Waals surface area (Å²) in [5.74, 6) is 0.360. The van der Waals surface area contributed by atoms with Crippen LogP contribution in [0, 0.1) is 46.3 Å². The first kappa shape index (κ1) is 40.4. The molecule has 0 aromatic carbocycles. The Hall–Kier alpha value is -2.79. The monoisotopic (exact) mass is 730 g/mol. The van der Waals surface area contributed by atoms with Gasteiger partial charge in [0, 0.05) is 33.6 Å². The molecule has 4 fully saturated rings. The van der Waals surface area contributed by atoms with Gasteiger partial charge in [-0.2, -0.15) is 0 Å². The largest absolute Gasteiger partial charge is 0.463 e. The lowest BCUT2D eigenvalue weighted by molar-refractivity contribution is -0.318. The third-order valence-electron chi connectivity index (χ3n) is 13.4. The summed E-state index contributed by atoms with van der Waals surface area (Å²) in [5, 5.41) is 0. The minimum absolute atomic E-state index is 0.0394. The summed E-state index contributed by atoms with van der Waals surface area (Å²) in [7, 11) is 0. The quantitative estimate of drug-likeness (QED) is 0.157. The molecular formula is C41H62O11. The number of carbonyl (C=O) groups is 5. The fourth-order valence-electron chi connectivity index (χ4n) is 11.0. The van der Waals surface area contributed by atoms with Crippen LogP contribution in [0.4, 0.5) is 0 Å². The van der Waals surface area contributed by atoms with Crippen molar-refractivity contribution in [2.75, 3.05) is 6.61 Å². The highest BCUT2D eigenvalue weighted by Gasteiger charge is 2.62. The van der Waals surface area contributed by atoms with Crippen LogP contribution in [0.3, 0.4) is 0 Å². The first-order valence-electron chi connectivity index (χ1n) is 19.6. The van der Waals surface area contributed by atoms with Crippen molar-refractivity contribution in [3.05, 3.63) is 11.6 Å². The van der Waals surface area contributed by atoms with Crippen molar-refractivity contribution in [1.82, 2.24) is 0 Å². The Balaban J connectivity index is 1.35. The smallest absolute Gasteiger partial charge is 0.303 e. The third kappa shape index (κ3) is 8.45. The van der Waals surface area contributed by atoms with E-state index in [1.165, 1.54) is 53.4 Å². The lowest BCUT2D eigenvalue weighted by Gasteiger charge is -2.58. The number of allylic oxidation sites excluding steroid dienone is 1. The average molecular weight is 731 g/mol. The number of fused-ring (bicyclic) bond motifs is 5. The Morgan fingerprint density at radius 3 is 2.10 bits per heavy atom. The van der Waals surface area contributed by atoms with Crippen molar-refractivity contribution in [3.63, 3.8) is 0 Å². The van der Waals surface area contributed by atoms with Gasteiger partial charge in [-0.1, -0.05) is 59.5 Å². The molecule has 0 N–H and O–H groups in total. The van der Waals surface area contributed by atoms with E-state index in [0.717, 1.165) is 37.2 Å². The summed E-state index contributed by atoms with van der Waals surface area (Å²) in [6.45, 7) is 16.4. The highest BCUT2D eigenvalue weighted by atomic mass is 16.7. The Bertz CT molecular complexity index is 1390. The van der Waals surface area contributed by atoms with Crippen LogP contribution in [-0.2, 0) is 52.4 Å². The van der Waals surface area contributed by atoms with Crippen LogP contribution < -0.4 is 0 Å². The molecule has 0 bridgehead atoms. The fourth-order valence-corrected chi connectivity index (χ4v) is 11.0. The molecule has 1 aliphatic heterocycles. The number of esters is 4. The van der Waals surface area contributed by atoms with Crippen LogP contribution in [0.1, 0.15) is 127 Å². The lowest BCUT2D eigenvalue weighted by Crippen LogP contribution is -2.63. The molecule has 292 valence electrons. The number of hydrogen-bond acceptors (Lipinski definition) is 11. The zero-order chi connectivity index (χ0) is 38.1. The minimum Gasteiger partial charge on any atom is -0.463 e. The number of ether oxygens (including phenoxy) is 6. The van der Waals surface area contributed by atoms with E-state index in [0.29, 0.717) is 30.6 Å². The predicted molar refractivity (Wildman–Crippen MR) is 190 cm³/mol. The Kier molecular flexibility index (Phi) is 12.7. The number of carbonyl (C=O) groups excluding carboxylic acids is 5. The molecule has 0 aromatic heterocycles. The van der Waals surface area contributed by atoms with Gasteiger partial charge in [0.15, 0.2) is 30.4 Å². The van der Waals surface area contributed by atoms with Crippen LogP contribution in [0.5, 0.6) is 0 Å². The van der Waals surface area contributed by atoms with Gasteiger partial charge < -0.3 is 28.4 Å². The van der Waals surface area contributed by atoms with Crippen LogP contribution in [0.15, 0.2) is 11.6 Å². The second-order valence-corrected chi connectivity index (χ2v) is 17.3. The maximum atomic E-state index is 14.2. The van der Waals surface area contributed by atoms with Crippen molar-refractivity contribution >= 4 is 29.7 Å². The normalized spacial score (nSPS) is 39.0. The van der Waals surface area contributed by atoms with E-state index in [-0.39, 0.29) is 35.1 Å². The molecule has 1 heterocycles. The van der Waals surface area contributed by atoms with E-state index in [1.54, 1.807) is 0 Å². The zero-order valence-electron chi connectivity index (χ0n) is 32.8. The molecule has 11 heteroatoms. The highest BCUT2D eigenvalue weighted by molar-refractivity contribution is 5.94. The van der Waals surface area contributed by atoms with Gasteiger partial charge in [-0.3, -0.25) is 24.0 Å². The summed E-state index contributed by atoms with van der Waals surface area (Å²) >= 11 is 0. The molecule has 0 spiro atoms. The van der Waals surface area contributed by atoms with Crippen LogP contribution in [0.25, 0.3) is 0 Å². The second kappa shape index (κ2) is 16.3. The van der Waals surface area contributed by atoms with Gasteiger partial charge in [0.1, 0.15) is 12.7 Å². The van der Waals surface area contributed by atoms with E-state index in [4.69, 9.17) is 28.4 Å². The summed E-state index contributed by atoms with van der Waals surface area (Å²) in [4.78, 5) is 62.7. The molecule has 0 amide bonds. The van der Waals surface area contributed by atoms with E-state index in [9.17, 15) is 24.0 Å². The summed E-state index contributed by atoms with van der Waals surface area (Å²) in [6, 6.07) is 0. The number of hydrogen-bond donors (Lipinski definition) is 0. The Morgan fingerprint density at radius 1 is 0.808 bits per heavy atom. The van der Waals surface area contributed by atoms with Crippen molar-refractivity contribution < 1.29 is 52.4 Å². The van der Waals surface area contributed by atoms with Gasteiger partial charge in [-0.25, -0.2) is 0 Å². The lowest BCUT2D eigenvalue weighted by atomic mass is 9.46. The molecule has 11 nitrogen and oxygen atoms in total. The van der Waals surface area contributed by atoms with E-state index in [2.05, 4.69) is 34.6 Å². The SMILES string of the molecule is CC(=O)OC[C@H]1O[C@@H](OC2CC[C@@]3(C)C(=CC(=O)C4C3CC[C@@]3(C)C4CC[C@@H]3[C@H](C)CCCC(C)C)C2)[C@H](OC(C)=O)[C@@H](OC(C)=O)[C@@H]1OC(C)=O. The summed E-state index contributed by atoms with van der Waals surface area (Å²) < 4.78 is 34.8. The molecule has 5 aliphatic rings. The standard InChI is InChI=1S/C41H62O11/c1-22(2)11-10-12-23(3)30-13-14-31-35-32(16-18-41(30,31)9)40(8)17-15-29(19-28(40)20-33(35)46)51-39-38(50-27(7)45)37(49-26(6)44)36(48-25(5)43)34(52-39)21-47-24(4)42/h20,22-23,29-32,34-39H,10-19,21H2,1-9H3/t23-,29?,30-,31?,32?,34-,35?,36-,37+,38-,39-,40+,41-/m1/s1. The maximum Gasteiger partial charge on any atom is 0.303 e. The summed E-state index contributed by atoms with van der Waals surface area (Å²) in [6.07, 6.45) is 5.69. The molecule has 13 atom stereocenters. The fraction of sp³-hybridized carbons (Fsp3) is 0.829. The van der Waals surface area contributed by atoms with Crippen molar-refractivity contribution in [2.45, 2.75) is 163 Å². The molecule has 4 unspecified atom stereocenters. The number of rotatable bonds is 12. The van der Waals surface area contributed by atoms with Crippen LogP contribution >= 0.6 is 0 Å². The van der Waals surface area contributed by atoms with Gasteiger partial charge >= 0.3 is 23.9 Å². The second-order valence-electron chi connectivity index (χ2n) is 17.3. The Labute approximate surface area is 309 Å². The molecule has 1 saturated heterocycles. The third-order valence-corrected chi connectivity index (χ3v) is 13.4. The molecule has 0 aromatic rings. The summed E-state index contributed by atoms with van der Waals surface area (Å²) in [5.41, 5.74) is 1.13. The van der Waals surface area contributed by atoms with Gasteiger partial charge in [0.05, 0.1) is 6.10 Å². The molecule has 5 rings (SSSR count). The van der Waals surface area contributed by atoms with Crippen molar-refractivity contribution in [3.8, 4) is 0 Å². The topological polar surface area (TPSA) is 141 Å². The number of ketones is 1. The maximum absolute atomic E-state index is 14.2. The highest BCUT2D eigenvalue weighted by Crippen LogP contribution is 2.67. The molecule has 4 aliphatic carbocycles. The molecule has 3 saturated carbocycles. The van der Waals surface area contributed by atoms with Gasteiger partial charge in [0.2, 0.25) is 0 Å². The van der Waals surface area contributed by atoms with Crippen LogP contribution in [-0.4, -0.2) is 73.1 Å². The van der Waals surface area contributed by atoms with Gasteiger partial charge in [0.25, 0.3) is 0 Å². The molecule has 52 heavy (non-hydrogen) atoms.